The van der Waals surface area contributed by atoms with Gasteiger partial charge in [0.2, 0.25) is 5.95 Å². The third-order valence-electron chi connectivity index (χ3n) is 5.83. The van der Waals surface area contributed by atoms with Gasteiger partial charge in [0.25, 0.3) is 5.89 Å². The number of methoxy groups -OCH3 is 1. The molecular weight excluding hydrogens is 468 g/mol. The van der Waals surface area contributed by atoms with Crippen molar-refractivity contribution in [2.24, 2.45) is 0 Å². The number of nitrogens with zero attached hydrogens (tertiary/aromatic N) is 6. The molecule has 35 heavy (non-hydrogen) atoms. The molecule has 182 valence electrons. The van der Waals surface area contributed by atoms with E-state index in [4.69, 9.17) is 15.0 Å². The third-order valence-corrected chi connectivity index (χ3v) is 6.70. The van der Waals surface area contributed by atoms with Crippen LogP contribution >= 0.6 is 11.3 Å². The molecule has 12 heteroatoms. The zero-order valence-electron chi connectivity index (χ0n) is 19.7. The zero-order chi connectivity index (χ0) is 24.5. The van der Waals surface area contributed by atoms with E-state index in [1.807, 2.05) is 43.5 Å². The van der Waals surface area contributed by atoms with Gasteiger partial charge in [-0.1, -0.05) is 19.0 Å². The van der Waals surface area contributed by atoms with Gasteiger partial charge in [0, 0.05) is 43.2 Å². The van der Waals surface area contributed by atoms with Gasteiger partial charge in [-0.3, -0.25) is 0 Å². The molecule has 0 bridgehead atoms. The number of urea groups is 1. The van der Waals surface area contributed by atoms with Gasteiger partial charge >= 0.3 is 6.03 Å². The first-order valence-corrected chi connectivity index (χ1v) is 12.1. The number of rotatable bonds is 5. The van der Waals surface area contributed by atoms with Crippen molar-refractivity contribution in [2.45, 2.75) is 19.8 Å². The number of fused-ring (bicyclic) bond motifs is 1. The number of carbonyl (C=O) groups is 1. The van der Waals surface area contributed by atoms with Crippen molar-refractivity contribution in [3.63, 3.8) is 0 Å². The summed E-state index contributed by atoms with van der Waals surface area (Å²) in [5.74, 6) is 2.89. The molecule has 0 atom stereocenters. The van der Waals surface area contributed by atoms with E-state index in [-0.39, 0.29) is 17.9 Å². The van der Waals surface area contributed by atoms with E-state index in [1.165, 1.54) is 11.3 Å². The van der Waals surface area contributed by atoms with Crippen LogP contribution in [0.4, 0.5) is 22.2 Å². The van der Waals surface area contributed by atoms with Crippen LogP contribution < -0.4 is 20.7 Å². The molecule has 0 unspecified atom stereocenters. The first-order valence-electron chi connectivity index (χ1n) is 11.3. The van der Waals surface area contributed by atoms with Gasteiger partial charge in [-0.2, -0.15) is 9.97 Å². The lowest BCUT2D eigenvalue weighted by Gasteiger charge is -2.35. The predicted octanol–water partition coefficient (Wildman–Crippen LogP) is 3.81. The topological polar surface area (TPSA) is 136 Å². The number of aromatic nitrogens is 4. The minimum atomic E-state index is -0.148. The highest BCUT2D eigenvalue weighted by molar-refractivity contribution is 7.17. The minimum Gasteiger partial charge on any atom is -0.497 e. The number of hydrogen-bond acceptors (Lipinski definition) is 10. The Morgan fingerprint density at radius 3 is 2.54 bits per heavy atom. The standard InChI is InChI=1S/C23H26N8O3S/c1-13(2)18-26-20(34-29-18)16-12-35-21-17(16)19(27-22(24)28-21)30-8-10-31(11-9-30)23(32)25-14-4-6-15(33-3)7-5-14/h4-7,12-13H,8-11H2,1-3H3,(H,25,32)(H2,24,27,28). The van der Waals surface area contributed by atoms with E-state index in [1.54, 1.807) is 12.0 Å². The summed E-state index contributed by atoms with van der Waals surface area (Å²) >= 11 is 1.46. The van der Waals surface area contributed by atoms with Crippen molar-refractivity contribution in [1.82, 2.24) is 25.0 Å². The first kappa shape index (κ1) is 22.8. The van der Waals surface area contributed by atoms with Gasteiger partial charge < -0.3 is 30.1 Å². The highest BCUT2D eigenvalue weighted by Crippen LogP contribution is 2.38. The van der Waals surface area contributed by atoms with Crippen LogP contribution in [-0.4, -0.2) is 64.3 Å². The second kappa shape index (κ2) is 9.37. The molecule has 1 fully saturated rings. The highest BCUT2D eigenvalue weighted by atomic mass is 32.1. The Labute approximate surface area is 205 Å². The lowest BCUT2D eigenvalue weighted by atomic mass is 10.2. The molecule has 1 aliphatic rings. The monoisotopic (exact) mass is 494 g/mol. The molecule has 1 aromatic carbocycles. The number of piperazine rings is 1. The number of nitrogens with one attached hydrogen (secondary N) is 1. The SMILES string of the molecule is COc1ccc(NC(=O)N2CCN(c3nc(N)nc4scc(-c5nc(C(C)C)no5)c34)CC2)cc1. The summed E-state index contributed by atoms with van der Waals surface area (Å²) in [4.78, 5) is 31.0. The Morgan fingerprint density at radius 1 is 1.14 bits per heavy atom. The lowest BCUT2D eigenvalue weighted by Crippen LogP contribution is -2.50. The number of carbonyl (C=O) groups excluding carboxylic acids is 1. The van der Waals surface area contributed by atoms with Crippen LogP contribution in [0.15, 0.2) is 34.2 Å². The fourth-order valence-electron chi connectivity index (χ4n) is 3.90. The molecule has 0 aliphatic carbocycles. The van der Waals surface area contributed by atoms with E-state index >= 15 is 0 Å². The number of hydrogen-bond donors (Lipinski definition) is 2. The van der Waals surface area contributed by atoms with Crippen LogP contribution in [0.25, 0.3) is 21.7 Å². The van der Waals surface area contributed by atoms with E-state index in [0.29, 0.717) is 49.4 Å². The number of ether oxygens (including phenoxy) is 1. The minimum absolute atomic E-state index is 0.148. The summed E-state index contributed by atoms with van der Waals surface area (Å²) in [6.45, 7) is 6.28. The van der Waals surface area contributed by atoms with E-state index in [9.17, 15) is 4.79 Å². The molecule has 1 saturated heterocycles. The van der Waals surface area contributed by atoms with E-state index in [2.05, 4.69) is 30.3 Å². The average molecular weight is 495 g/mol. The number of nitrogens with two attached hydrogens (primary N) is 1. The second-order valence-corrected chi connectivity index (χ2v) is 9.34. The summed E-state index contributed by atoms with van der Waals surface area (Å²) in [5.41, 5.74) is 7.53. The average Bonchev–Trinajstić information content (AvgIpc) is 3.51. The first-order chi connectivity index (χ1) is 16.9. The molecule has 3 aromatic heterocycles. The molecule has 11 nitrogen and oxygen atoms in total. The second-order valence-electron chi connectivity index (χ2n) is 8.48. The molecule has 0 saturated carbocycles. The summed E-state index contributed by atoms with van der Waals surface area (Å²) < 4.78 is 10.7. The third kappa shape index (κ3) is 4.56. The number of anilines is 3. The highest BCUT2D eigenvalue weighted by Gasteiger charge is 2.27. The Hall–Kier alpha value is -3.93. The summed E-state index contributed by atoms with van der Waals surface area (Å²) in [6.07, 6.45) is 0. The fourth-order valence-corrected chi connectivity index (χ4v) is 4.82. The number of amides is 2. The number of nitrogen functional groups attached to an aromatic ring is 1. The Bertz CT molecular complexity index is 1340. The molecule has 0 spiro atoms. The molecule has 0 radical (unpaired) electrons. The number of thiophene rings is 1. The van der Waals surface area contributed by atoms with Gasteiger partial charge in [-0.05, 0) is 24.3 Å². The molecule has 3 N–H and O–H groups in total. The molecule has 2 amide bonds. The number of benzene rings is 1. The van der Waals surface area contributed by atoms with Crippen LogP contribution in [0.5, 0.6) is 5.75 Å². The molecular formula is C23H26N8O3S. The van der Waals surface area contributed by atoms with Gasteiger partial charge in [-0.15, -0.1) is 11.3 Å². The van der Waals surface area contributed by atoms with Crippen molar-refractivity contribution in [3.8, 4) is 17.2 Å². The normalized spacial score (nSPS) is 14.1. The van der Waals surface area contributed by atoms with Crippen molar-refractivity contribution in [3.05, 3.63) is 35.5 Å². The van der Waals surface area contributed by atoms with Crippen LogP contribution in [0.3, 0.4) is 0 Å². The summed E-state index contributed by atoms with van der Waals surface area (Å²) in [6, 6.07) is 7.10. The van der Waals surface area contributed by atoms with E-state index < -0.39 is 0 Å². The van der Waals surface area contributed by atoms with Crippen LogP contribution in [0.1, 0.15) is 25.6 Å². The van der Waals surface area contributed by atoms with Gasteiger partial charge in [0.05, 0.1) is 18.1 Å². The summed E-state index contributed by atoms with van der Waals surface area (Å²) in [7, 11) is 1.61. The van der Waals surface area contributed by atoms with Gasteiger partial charge in [0.15, 0.2) is 5.82 Å². The molecule has 5 rings (SSSR count). The van der Waals surface area contributed by atoms with E-state index in [0.717, 1.165) is 21.5 Å². The Balaban J connectivity index is 1.34. The quantitative estimate of drug-likeness (QED) is 0.424. The van der Waals surface area contributed by atoms with Crippen molar-refractivity contribution in [2.75, 3.05) is 49.2 Å². The predicted molar refractivity (Wildman–Crippen MR) is 135 cm³/mol. The maximum atomic E-state index is 12.8. The van der Waals surface area contributed by atoms with Gasteiger partial charge in [0.1, 0.15) is 16.4 Å². The molecule has 4 heterocycles. The maximum absolute atomic E-state index is 12.8. The van der Waals surface area contributed by atoms with Crippen molar-refractivity contribution < 1.29 is 14.1 Å². The Kier molecular flexibility index (Phi) is 6.12. The molecule has 1 aliphatic heterocycles. The smallest absolute Gasteiger partial charge is 0.321 e. The van der Waals surface area contributed by atoms with Crippen LogP contribution in [0.2, 0.25) is 0 Å². The van der Waals surface area contributed by atoms with Crippen molar-refractivity contribution in [1.29, 1.82) is 0 Å². The Morgan fingerprint density at radius 2 is 1.89 bits per heavy atom. The largest absolute Gasteiger partial charge is 0.497 e. The van der Waals surface area contributed by atoms with Crippen molar-refractivity contribution >= 4 is 45.0 Å². The fraction of sp³-hybridized carbons (Fsp3) is 0.348. The van der Waals surface area contributed by atoms with Crippen LogP contribution in [-0.2, 0) is 0 Å². The molecule has 4 aromatic rings. The van der Waals surface area contributed by atoms with Gasteiger partial charge in [-0.25, -0.2) is 9.78 Å². The summed E-state index contributed by atoms with van der Waals surface area (Å²) in [5, 5.41) is 9.80. The maximum Gasteiger partial charge on any atom is 0.321 e. The zero-order valence-corrected chi connectivity index (χ0v) is 20.5. The lowest BCUT2D eigenvalue weighted by molar-refractivity contribution is 0.208. The van der Waals surface area contributed by atoms with Crippen LogP contribution in [0, 0.1) is 0 Å².